The summed E-state index contributed by atoms with van der Waals surface area (Å²) in [4.78, 5) is 11.9. The normalized spacial score (nSPS) is 17.2. The standard InChI is InChI=1S/C12H13ClO/c13-11-7-5-10(6-8-11)12(14)9-3-1-2-4-9/h5-9H,1-4H2. The van der Waals surface area contributed by atoms with Crippen LogP contribution in [0.1, 0.15) is 36.0 Å². The molecule has 14 heavy (non-hydrogen) atoms. The Bertz CT molecular complexity index is 323. The van der Waals surface area contributed by atoms with Gasteiger partial charge < -0.3 is 0 Å². The first-order valence-electron chi connectivity index (χ1n) is 5.07. The van der Waals surface area contributed by atoms with Gasteiger partial charge in [0, 0.05) is 16.5 Å². The summed E-state index contributed by atoms with van der Waals surface area (Å²) in [6.07, 6.45) is 4.51. The molecule has 0 bridgehead atoms. The van der Waals surface area contributed by atoms with Crippen LogP contribution in [0.3, 0.4) is 0 Å². The lowest BCUT2D eigenvalue weighted by molar-refractivity contribution is 0.0923. The number of Topliss-reactive ketones (excluding diaryl/α,β-unsaturated/α-hetero) is 1. The SMILES string of the molecule is O=C(c1ccc(Cl)cc1)C1CCCC1. The van der Waals surface area contributed by atoms with Gasteiger partial charge in [0.05, 0.1) is 0 Å². The van der Waals surface area contributed by atoms with Crippen LogP contribution in [0.25, 0.3) is 0 Å². The van der Waals surface area contributed by atoms with Crippen molar-refractivity contribution in [2.24, 2.45) is 5.92 Å². The van der Waals surface area contributed by atoms with E-state index in [1.165, 1.54) is 12.8 Å². The fourth-order valence-electron chi connectivity index (χ4n) is 2.04. The number of ketones is 1. The third-order valence-electron chi connectivity index (χ3n) is 2.85. The molecule has 2 rings (SSSR count). The van der Waals surface area contributed by atoms with Gasteiger partial charge in [-0.25, -0.2) is 0 Å². The Balaban J connectivity index is 2.14. The maximum absolute atomic E-state index is 11.9. The minimum Gasteiger partial charge on any atom is -0.294 e. The van der Waals surface area contributed by atoms with Crippen molar-refractivity contribution in [1.82, 2.24) is 0 Å². The number of carbonyl (C=O) groups is 1. The van der Waals surface area contributed by atoms with Crippen LogP contribution in [0.2, 0.25) is 5.02 Å². The minimum absolute atomic E-state index is 0.260. The molecule has 0 aromatic heterocycles. The van der Waals surface area contributed by atoms with E-state index in [-0.39, 0.29) is 5.92 Å². The fourth-order valence-corrected chi connectivity index (χ4v) is 2.16. The van der Waals surface area contributed by atoms with E-state index in [0.717, 1.165) is 18.4 Å². The molecule has 1 saturated carbocycles. The Hall–Kier alpha value is -0.820. The molecule has 0 aliphatic heterocycles. The molecule has 1 aromatic carbocycles. The second-order valence-corrected chi connectivity index (χ2v) is 4.29. The summed E-state index contributed by atoms with van der Waals surface area (Å²) in [7, 11) is 0. The van der Waals surface area contributed by atoms with Gasteiger partial charge in [0.2, 0.25) is 0 Å². The number of hydrogen-bond donors (Lipinski definition) is 0. The van der Waals surface area contributed by atoms with Gasteiger partial charge in [0.15, 0.2) is 5.78 Å². The number of halogens is 1. The maximum Gasteiger partial charge on any atom is 0.165 e. The summed E-state index contributed by atoms with van der Waals surface area (Å²) < 4.78 is 0. The Labute approximate surface area is 89.1 Å². The molecule has 0 radical (unpaired) electrons. The topological polar surface area (TPSA) is 17.1 Å². The third-order valence-corrected chi connectivity index (χ3v) is 3.11. The molecular formula is C12H13ClO. The van der Waals surface area contributed by atoms with Crippen molar-refractivity contribution in [3.05, 3.63) is 34.9 Å². The van der Waals surface area contributed by atoms with Crippen molar-refractivity contribution in [2.75, 3.05) is 0 Å². The van der Waals surface area contributed by atoms with Gasteiger partial charge in [-0.2, -0.15) is 0 Å². The van der Waals surface area contributed by atoms with E-state index in [1.807, 2.05) is 12.1 Å². The lowest BCUT2D eigenvalue weighted by Crippen LogP contribution is -2.10. The van der Waals surface area contributed by atoms with E-state index in [4.69, 9.17) is 11.6 Å². The second kappa shape index (κ2) is 4.14. The lowest BCUT2D eigenvalue weighted by Gasteiger charge is -2.07. The lowest BCUT2D eigenvalue weighted by atomic mass is 9.96. The van der Waals surface area contributed by atoms with Gasteiger partial charge >= 0.3 is 0 Å². The zero-order valence-electron chi connectivity index (χ0n) is 8.00. The van der Waals surface area contributed by atoms with E-state index < -0.39 is 0 Å². The van der Waals surface area contributed by atoms with E-state index in [2.05, 4.69) is 0 Å². The molecule has 74 valence electrons. The molecule has 2 heteroatoms. The van der Waals surface area contributed by atoms with Crippen molar-refractivity contribution < 1.29 is 4.79 Å². The number of benzene rings is 1. The van der Waals surface area contributed by atoms with Gasteiger partial charge in [-0.05, 0) is 37.1 Å². The van der Waals surface area contributed by atoms with Crippen molar-refractivity contribution in [1.29, 1.82) is 0 Å². The molecule has 0 unspecified atom stereocenters. The van der Waals surface area contributed by atoms with Gasteiger partial charge in [0.25, 0.3) is 0 Å². The highest BCUT2D eigenvalue weighted by atomic mass is 35.5. The summed E-state index contributed by atoms with van der Waals surface area (Å²) in [5.74, 6) is 0.551. The predicted octanol–water partition coefficient (Wildman–Crippen LogP) is 3.71. The van der Waals surface area contributed by atoms with Gasteiger partial charge in [-0.15, -0.1) is 0 Å². The predicted molar refractivity (Wildman–Crippen MR) is 57.7 cm³/mol. The van der Waals surface area contributed by atoms with Crippen molar-refractivity contribution >= 4 is 17.4 Å². The number of rotatable bonds is 2. The highest BCUT2D eigenvalue weighted by Crippen LogP contribution is 2.28. The van der Waals surface area contributed by atoms with E-state index in [1.54, 1.807) is 12.1 Å². The summed E-state index contributed by atoms with van der Waals surface area (Å²) in [6, 6.07) is 7.21. The van der Waals surface area contributed by atoms with Gasteiger partial charge in [-0.1, -0.05) is 24.4 Å². The molecule has 1 nitrogen and oxygen atoms in total. The molecule has 0 spiro atoms. The first kappa shape index (κ1) is 9.72. The Morgan fingerprint density at radius 3 is 2.29 bits per heavy atom. The average Bonchev–Trinajstić information content (AvgIpc) is 2.71. The molecular weight excluding hydrogens is 196 g/mol. The highest BCUT2D eigenvalue weighted by Gasteiger charge is 2.23. The second-order valence-electron chi connectivity index (χ2n) is 3.85. The Morgan fingerprint density at radius 2 is 1.71 bits per heavy atom. The van der Waals surface area contributed by atoms with Crippen LogP contribution < -0.4 is 0 Å². The Kier molecular flexibility index (Phi) is 2.87. The van der Waals surface area contributed by atoms with Gasteiger partial charge in [0.1, 0.15) is 0 Å². The molecule has 0 heterocycles. The molecule has 0 N–H and O–H groups in total. The third kappa shape index (κ3) is 1.98. The molecule has 0 atom stereocenters. The van der Waals surface area contributed by atoms with E-state index in [9.17, 15) is 4.79 Å². The monoisotopic (exact) mass is 208 g/mol. The summed E-state index contributed by atoms with van der Waals surface area (Å²) in [5.41, 5.74) is 0.807. The van der Waals surface area contributed by atoms with E-state index >= 15 is 0 Å². The summed E-state index contributed by atoms with van der Waals surface area (Å²) >= 11 is 5.76. The largest absolute Gasteiger partial charge is 0.294 e. The quantitative estimate of drug-likeness (QED) is 0.678. The van der Waals surface area contributed by atoms with Crippen LogP contribution in [0.15, 0.2) is 24.3 Å². The van der Waals surface area contributed by atoms with Crippen LogP contribution in [0, 0.1) is 5.92 Å². The van der Waals surface area contributed by atoms with Gasteiger partial charge in [-0.3, -0.25) is 4.79 Å². The van der Waals surface area contributed by atoms with Crippen molar-refractivity contribution in [2.45, 2.75) is 25.7 Å². The minimum atomic E-state index is 0.260. The first-order valence-corrected chi connectivity index (χ1v) is 5.45. The summed E-state index contributed by atoms with van der Waals surface area (Å²) in [5, 5.41) is 0.688. The molecule has 0 amide bonds. The molecule has 1 aliphatic rings. The number of carbonyl (C=O) groups excluding carboxylic acids is 1. The molecule has 1 aliphatic carbocycles. The molecule has 1 aromatic rings. The fraction of sp³-hybridized carbons (Fsp3) is 0.417. The summed E-state index contributed by atoms with van der Waals surface area (Å²) in [6.45, 7) is 0. The van der Waals surface area contributed by atoms with Crippen LogP contribution in [-0.2, 0) is 0 Å². The first-order chi connectivity index (χ1) is 6.77. The van der Waals surface area contributed by atoms with Crippen LogP contribution >= 0.6 is 11.6 Å². The van der Waals surface area contributed by atoms with Crippen LogP contribution in [0.4, 0.5) is 0 Å². The smallest absolute Gasteiger partial charge is 0.165 e. The maximum atomic E-state index is 11.9. The molecule has 0 saturated heterocycles. The van der Waals surface area contributed by atoms with Crippen molar-refractivity contribution in [3.63, 3.8) is 0 Å². The average molecular weight is 209 g/mol. The zero-order chi connectivity index (χ0) is 9.97. The van der Waals surface area contributed by atoms with Crippen LogP contribution in [0.5, 0.6) is 0 Å². The van der Waals surface area contributed by atoms with E-state index in [0.29, 0.717) is 10.8 Å². The Morgan fingerprint density at radius 1 is 1.14 bits per heavy atom. The zero-order valence-corrected chi connectivity index (χ0v) is 8.76. The number of hydrogen-bond acceptors (Lipinski definition) is 1. The van der Waals surface area contributed by atoms with Crippen molar-refractivity contribution in [3.8, 4) is 0 Å². The van der Waals surface area contributed by atoms with Crippen LogP contribution in [-0.4, -0.2) is 5.78 Å². The molecule has 1 fully saturated rings. The highest BCUT2D eigenvalue weighted by molar-refractivity contribution is 6.30.